The van der Waals surface area contributed by atoms with Crippen LogP contribution >= 0.6 is 0 Å². The largest absolute Gasteiger partial charge is 0.432 e. The fourth-order valence-electron chi connectivity index (χ4n) is 12.3. The molecule has 5 fully saturated rings. The number of aliphatic hydroxyl groups excluding tert-OH is 4. The van der Waals surface area contributed by atoms with E-state index < -0.39 is 70.6 Å². The zero-order valence-electron chi connectivity index (χ0n) is 29.6. The van der Waals surface area contributed by atoms with Gasteiger partial charge >= 0.3 is 16.4 Å². The Labute approximate surface area is 285 Å². The molecule has 5 N–H and O–H groups in total. The maximum atomic E-state index is 14.4. The lowest BCUT2D eigenvalue weighted by atomic mass is 9.33. The molecule has 0 aromatic heterocycles. The fourth-order valence-corrected chi connectivity index (χ4v) is 12.9. The van der Waals surface area contributed by atoms with E-state index in [9.17, 15) is 38.2 Å². The Balaban J connectivity index is 1.33. The van der Waals surface area contributed by atoms with E-state index in [4.69, 9.17) is 13.7 Å². The van der Waals surface area contributed by atoms with E-state index in [1.807, 2.05) is 0 Å². The molecule has 11 nitrogen and oxygen atoms in total. The van der Waals surface area contributed by atoms with Gasteiger partial charge in [0.15, 0.2) is 0 Å². The van der Waals surface area contributed by atoms with Gasteiger partial charge < -0.3 is 29.9 Å². The Morgan fingerprint density at radius 3 is 2.21 bits per heavy atom. The number of aliphatic hydroxyl groups is 4. The van der Waals surface area contributed by atoms with Crippen molar-refractivity contribution in [1.82, 2.24) is 0 Å². The summed E-state index contributed by atoms with van der Waals surface area (Å²) in [5, 5.41) is 41.1. The van der Waals surface area contributed by atoms with Crippen molar-refractivity contribution in [3.63, 3.8) is 0 Å². The second kappa shape index (κ2) is 11.7. The first-order valence-corrected chi connectivity index (χ1v) is 19.3. The van der Waals surface area contributed by atoms with Crippen molar-refractivity contribution in [1.29, 1.82) is 0 Å². The second-order valence-corrected chi connectivity index (χ2v) is 19.4. The maximum absolute atomic E-state index is 14.4. The van der Waals surface area contributed by atoms with Crippen LogP contribution in [0, 0.1) is 50.2 Å². The number of esters is 1. The molecule has 1 heterocycles. The van der Waals surface area contributed by atoms with E-state index in [0.717, 1.165) is 44.9 Å². The molecule has 274 valence electrons. The average molecular weight is 699 g/mol. The van der Waals surface area contributed by atoms with Gasteiger partial charge in [-0.3, -0.25) is 9.35 Å². The molecule has 0 radical (unpaired) electrons. The normalized spacial score (nSPS) is 49.8. The molecule has 12 heteroatoms. The highest BCUT2D eigenvalue weighted by molar-refractivity contribution is 7.80. The lowest BCUT2D eigenvalue weighted by Crippen LogP contribution is -2.65. The van der Waals surface area contributed by atoms with Crippen molar-refractivity contribution in [2.45, 2.75) is 149 Å². The molecule has 0 spiro atoms. The Kier molecular flexibility index (Phi) is 8.94. The van der Waals surface area contributed by atoms with Crippen molar-refractivity contribution in [2.75, 3.05) is 6.61 Å². The summed E-state index contributed by atoms with van der Waals surface area (Å²) in [7, 11) is -4.57. The molecule has 48 heavy (non-hydrogen) atoms. The van der Waals surface area contributed by atoms with E-state index in [-0.39, 0.29) is 33.5 Å². The van der Waals surface area contributed by atoms with Crippen LogP contribution in [0.1, 0.15) is 113 Å². The van der Waals surface area contributed by atoms with E-state index in [0.29, 0.717) is 25.2 Å². The van der Waals surface area contributed by atoms with Gasteiger partial charge in [-0.2, -0.15) is 8.42 Å². The van der Waals surface area contributed by atoms with Gasteiger partial charge in [-0.15, -0.1) is 0 Å². The highest BCUT2D eigenvalue weighted by atomic mass is 32.3. The van der Waals surface area contributed by atoms with Crippen molar-refractivity contribution < 1.29 is 51.8 Å². The maximum Gasteiger partial charge on any atom is 0.397 e. The van der Waals surface area contributed by atoms with Gasteiger partial charge in [0.1, 0.15) is 24.4 Å². The van der Waals surface area contributed by atoms with Crippen LogP contribution < -0.4 is 0 Å². The van der Waals surface area contributed by atoms with Crippen LogP contribution in [0.4, 0.5) is 0 Å². The zero-order chi connectivity index (χ0) is 35.5. The summed E-state index contributed by atoms with van der Waals surface area (Å²) in [5.74, 6) is -0.0197. The van der Waals surface area contributed by atoms with E-state index in [1.165, 1.54) is 5.57 Å². The molecule has 4 saturated carbocycles. The monoisotopic (exact) mass is 698 g/mol. The molecule has 6 rings (SSSR count). The second-order valence-electron chi connectivity index (χ2n) is 18.3. The van der Waals surface area contributed by atoms with E-state index in [1.54, 1.807) is 0 Å². The third kappa shape index (κ3) is 5.37. The summed E-state index contributed by atoms with van der Waals surface area (Å²) in [6, 6.07) is 0. The van der Waals surface area contributed by atoms with Gasteiger partial charge in [0.2, 0.25) is 6.29 Å². The highest BCUT2D eigenvalue weighted by Gasteiger charge is 2.70. The molecule has 0 aromatic rings. The van der Waals surface area contributed by atoms with Crippen molar-refractivity contribution >= 4 is 16.4 Å². The third-order valence-corrected chi connectivity index (χ3v) is 15.8. The summed E-state index contributed by atoms with van der Waals surface area (Å²) in [4.78, 5) is 14.4. The van der Waals surface area contributed by atoms with Gasteiger partial charge in [0.05, 0.1) is 18.1 Å². The number of allylic oxidation sites excluding steroid dienone is 2. The number of ether oxygens (including phenoxy) is 2. The molecule has 1 saturated heterocycles. The summed E-state index contributed by atoms with van der Waals surface area (Å²) in [6.07, 6.45) is 2.04. The molecule has 13 unspecified atom stereocenters. The number of rotatable bonds is 5. The first-order chi connectivity index (χ1) is 22.1. The van der Waals surface area contributed by atoms with Crippen LogP contribution in [0.5, 0.6) is 0 Å². The van der Waals surface area contributed by atoms with Crippen molar-refractivity contribution in [3.8, 4) is 0 Å². The van der Waals surface area contributed by atoms with Crippen LogP contribution in [0.15, 0.2) is 11.6 Å². The lowest BCUT2D eigenvalue weighted by molar-refractivity contribution is -0.297. The van der Waals surface area contributed by atoms with Gasteiger partial charge in [-0.1, -0.05) is 60.1 Å². The average Bonchev–Trinajstić information content (AvgIpc) is 2.98. The molecule has 0 amide bonds. The molecular weight excluding hydrogens is 640 g/mol. The molecule has 13 atom stereocenters. The fraction of sp³-hybridized carbons (Fsp3) is 0.917. The number of carbonyl (C=O) groups is 1. The predicted molar refractivity (Wildman–Crippen MR) is 175 cm³/mol. The zero-order valence-corrected chi connectivity index (χ0v) is 30.5. The van der Waals surface area contributed by atoms with Gasteiger partial charge in [0, 0.05) is 0 Å². The van der Waals surface area contributed by atoms with Crippen LogP contribution in [-0.2, 0) is 28.9 Å². The standard InChI is InChI=1S/C36H58O11S/c1-31(2)14-16-36(30(41)46-29-28(40)27(39)26(38)22(19-37)45-29)17-15-34(6)20(21(36)18-31)8-9-24-33(5)12-11-25(47-48(42,43)44)32(3,4)23(33)10-13-35(24,34)7/h8,21-29,37-40H,9-19H2,1-7H3,(H,42,43,44). The third-order valence-electron chi connectivity index (χ3n) is 15.3. The SMILES string of the molecule is CC1(C)CCC2(C(=O)OC3OC(CO)C(O)C(O)C3O)CCC3(C)C(=CCC4C5(C)CCC(OS(=O)(=O)O)C(C)(C)C5CCC43C)C2C1. The van der Waals surface area contributed by atoms with E-state index >= 15 is 0 Å². The summed E-state index contributed by atoms with van der Waals surface area (Å²) < 4.78 is 49.9. The van der Waals surface area contributed by atoms with Crippen LogP contribution in [0.2, 0.25) is 0 Å². The predicted octanol–water partition coefficient (Wildman–Crippen LogP) is 4.32. The smallest absolute Gasteiger partial charge is 0.397 e. The minimum absolute atomic E-state index is 0.00643. The summed E-state index contributed by atoms with van der Waals surface area (Å²) in [6.45, 7) is 15.3. The molecule has 1 aliphatic heterocycles. The topological polar surface area (TPSA) is 180 Å². The Hall–Kier alpha value is -1.12. The number of fused-ring (bicyclic) bond motifs is 7. The molecule has 0 bridgehead atoms. The Morgan fingerprint density at radius 2 is 1.56 bits per heavy atom. The van der Waals surface area contributed by atoms with Gasteiger partial charge in [0.25, 0.3) is 0 Å². The quantitative estimate of drug-likeness (QED) is 0.157. The lowest BCUT2D eigenvalue weighted by Gasteiger charge is -2.71. The van der Waals surface area contributed by atoms with Crippen LogP contribution in [-0.4, -0.2) is 82.8 Å². The minimum atomic E-state index is -4.57. The van der Waals surface area contributed by atoms with Gasteiger partial charge in [-0.05, 0) is 109 Å². The number of hydrogen-bond donors (Lipinski definition) is 5. The highest BCUT2D eigenvalue weighted by Crippen LogP contribution is 2.76. The Morgan fingerprint density at radius 1 is 0.896 bits per heavy atom. The number of hydrogen-bond acceptors (Lipinski definition) is 10. The summed E-state index contributed by atoms with van der Waals surface area (Å²) >= 11 is 0. The van der Waals surface area contributed by atoms with Crippen molar-refractivity contribution in [3.05, 3.63) is 11.6 Å². The Bertz CT molecular complexity index is 1420. The molecule has 6 aliphatic rings. The summed E-state index contributed by atoms with van der Waals surface area (Å²) in [5.41, 5.74) is -0.340. The minimum Gasteiger partial charge on any atom is -0.432 e. The molecule has 0 aromatic carbocycles. The first kappa shape index (κ1) is 36.7. The number of carbonyl (C=O) groups excluding carboxylic acids is 1. The first-order valence-electron chi connectivity index (χ1n) is 17.9. The molecular formula is C36H58O11S. The molecule has 5 aliphatic carbocycles. The van der Waals surface area contributed by atoms with E-state index in [2.05, 4.69) is 54.5 Å². The van der Waals surface area contributed by atoms with Crippen LogP contribution in [0.3, 0.4) is 0 Å². The van der Waals surface area contributed by atoms with Crippen LogP contribution in [0.25, 0.3) is 0 Å². The van der Waals surface area contributed by atoms with Crippen molar-refractivity contribution in [2.24, 2.45) is 50.2 Å². The van der Waals surface area contributed by atoms with Gasteiger partial charge in [-0.25, -0.2) is 4.18 Å².